The van der Waals surface area contributed by atoms with Gasteiger partial charge >= 0.3 is 0 Å². The van der Waals surface area contributed by atoms with Crippen molar-refractivity contribution < 1.29 is 0 Å². The maximum Gasteiger partial charge on any atom is 0.0220 e. The van der Waals surface area contributed by atoms with Crippen LogP contribution in [0.2, 0.25) is 0 Å². The van der Waals surface area contributed by atoms with Gasteiger partial charge in [0.25, 0.3) is 0 Å². The van der Waals surface area contributed by atoms with Gasteiger partial charge < -0.3 is 15.1 Å². The smallest absolute Gasteiger partial charge is 0.0220 e. The minimum Gasteiger partial charge on any atom is -0.315 e. The van der Waals surface area contributed by atoms with Crippen molar-refractivity contribution in [3.8, 4) is 0 Å². The van der Waals surface area contributed by atoms with Crippen molar-refractivity contribution in [1.82, 2.24) is 15.1 Å². The van der Waals surface area contributed by atoms with Crippen molar-refractivity contribution in [1.29, 1.82) is 0 Å². The molecule has 114 valence electrons. The number of hydrogen-bond acceptors (Lipinski definition) is 3. The Bertz CT molecular complexity index is 212. The highest BCUT2D eigenvalue weighted by molar-refractivity contribution is 4.81. The van der Waals surface area contributed by atoms with Gasteiger partial charge in [0, 0.05) is 12.6 Å². The van der Waals surface area contributed by atoms with E-state index in [1.165, 1.54) is 64.7 Å². The molecule has 0 radical (unpaired) electrons. The molecule has 0 spiro atoms. The second-order valence-corrected chi connectivity index (χ2v) is 6.34. The summed E-state index contributed by atoms with van der Waals surface area (Å²) >= 11 is 0. The van der Waals surface area contributed by atoms with Crippen LogP contribution in [0.25, 0.3) is 0 Å². The Hall–Kier alpha value is -0.120. The standard InChI is InChI=1S/C16H35N3/c1-5-19(13-9-12-18(3)4)14-16(17-2)15-10-7-6-8-11-15/h15-17H,5-14H2,1-4H3. The van der Waals surface area contributed by atoms with E-state index in [0.29, 0.717) is 6.04 Å². The van der Waals surface area contributed by atoms with Gasteiger partial charge in [-0.05, 0) is 66.0 Å². The monoisotopic (exact) mass is 269 g/mol. The summed E-state index contributed by atoms with van der Waals surface area (Å²) in [6, 6.07) is 0.694. The minimum absolute atomic E-state index is 0.694. The van der Waals surface area contributed by atoms with Gasteiger partial charge in [-0.1, -0.05) is 26.2 Å². The second kappa shape index (κ2) is 9.73. The van der Waals surface area contributed by atoms with E-state index in [0.717, 1.165) is 5.92 Å². The number of rotatable bonds is 9. The molecule has 1 unspecified atom stereocenters. The Balaban J connectivity index is 2.33. The molecule has 3 nitrogen and oxygen atoms in total. The van der Waals surface area contributed by atoms with Gasteiger partial charge in [0.05, 0.1) is 0 Å². The van der Waals surface area contributed by atoms with Crippen LogP contribution in [0.1, 0.15) is 45.4 Å². The van der Waals surface area contributed by atoms with Gasteiger partial charge in [-0.2, -0.15) is 0 Å². The summed E-state index contributed by atoms with van der Waals surface area (Å²) in [6.45, 7) is 7.14. The van der Waals surface area contributed by atoms with Crippen LogP contribution in [0, 0.1) is 5.92 Å². The van der Waals surface area contributed by atoms with E-state index in [-0.39, 0.29) is 0 Å². The molecule has 1 fully saturated rings. The quantitative estimate of drug-likeness (QED) is 0.693. The zero-order valence-corrected chi connectivity index (χ0v) is 13.6. The predicted molar refractivity (Wildman–Crippen MR) is 84.7 cm³/mol. The molecule has 1 saturated carbocycles. The first-order valence-electron chi connectivity index (χ1n) is 8.21. The third-order valence-corrected chi connectivity index (χ3v) is 4.57. The largest absolute Gasteiger partial charge is 0.315 e. The Morgan fingerprint density at radius 1 is 1.11 bits per heavy atom. The number of hydrogen-bond donors (Lipinski definition) is 1. The van der Waals surface area contributed by atoms with Crippen molar-refractivity contribution in [2.24, 2.45) is 5.92 Å². The molecule has 3 heteroatoms. The molecule has 0 aromatic heterocycles. The fourth-order valence-corrected chi connectivity index (χ4v) is 3.28. The van der Waals surface area contributed by atoms with Crippen LogP contribution < -0.4 is 5.32 Å². The SMILES string of the molecule is CCN(CCCN(C)C)CC(NC)C1CCCCC1. The van der Waals surface area contributed by atoms with E-state index in [9.17, 15) is 0 Å². The van der Waals surface area contributed by atoms with Crippen molar-refractivity contribution in [3.63, 3.8) is 0 Å². The van der Waals surface area contributed by atoms with Crippen LogP contribution in [0.5, 0.6) is 0 Å². The molecular formula is C16H35N3. The van der Waals surface area contributed by atoms with Gasteiger partial charge in [-0.3, -0.25) is 0 Å². The Labute approximate surface area is 120 Å². The van der Waals surface area contributed by atoms with Crippen molar-refractivity contribution in [2.45, 2.75) is 51.5 Å². The van der Waals surface area contributed by atoms with Gasteiger partial charge in [0.15, 0.2) is 0 Å². The lowest BCUT2D eigenvalue weighted by Crippen LogP contribution is -2.45. The van der Waals surface area contributed by atoms with Crippen molar-refractivity contribution in [3.05, 3.63) is 0 Å². The van der Waals surface area contributed by atoms with E-state index < -0.39 is 0 Å². The summed E-state index contributed by atoms with van der Waals surface area (Å²) in [5, 5.41) is 3.58. The fraction of sp³-hybridized carbons (Fsp3) is 1.00. The normalized spacial score (nSPS) is 19.3. The van der Waals surface area contributed by atoms with E-state index in [1.807, 2.05) is 0 Å². The molecule has 1 aliphatic rings. The molecule has 1 atom stereocenters. The highest BCUT2D eigenvalue weighted by atomic mass is 15.1. The van der Waals surface area contributed by atoms with Crippen LogP contribution in [0.3, 0.4) is 0 Å². The zero-order chi connectivity index (χ0) is 14.1. The Morgan fingerprint density at radius 2 is 1.79 bits per heavy atom. The lowest BCUT2D eigenvalue weighted by atomic mass is 9.83. The average molecular weight is 269 g/mol. The van der Waals surface area contributed by atoms with Crippen LogP contribution >= 0.6 is 0 Å². The van der Waals surface area contributed by atoms with Gasteiger partial charge in [-0.15, -0.1) is 0 Å². The zero-order valence-electron chi connectivity index (χ0n) is 13.6. The summed E-state index contributed by atoms with van der Waals surface area (Å²) in [7, 11) is 6.47. The topological polar surface area (TPSA) is 18.5 Å². The van der Waals surface area contributed by atoms with Crippen LogP contribution in [-0.4, -0.2) is 63.2 Å². The summed E-state index contributed by atoms with van der Waals surface area (Å²) in [5.41, 5.74) is 0. The molecule has 0 saturated heterocycles. The van der Waals surface area contributed by atoms with E-state index in [1.54, 1.807) is 0 Å². The fourth-order valence-electron chi connectivity index (χ4n) is 3.28. The summed E-state index contributed by atoms with van der Waals surface area (Å²) in [4.78, 5) is 4.91. The van der Waals surface area contributed by atoms with Crippen molar-refractivity contribution in [2.75, 3.05) is 47.3 Å². The van der Waals surface area contributed by atoms with E-state index >= 15 is 0 Å². The molecular weight excluding hydrogens is 234 g/mol. The van der Waals surface area contributed by atoms with E-state index in [2.05, 4.69) is 43.2 Å². The maximum absolute atomic E-state index is 3.58. The molecule has 0 aromatic rings. The van der Waals surface area contributed by atoms with E-state index in [4.69, 9.17) is 0 Å². The molecule has 1 rings (SSSR count). The summed E-state index contributed by atoms with van der Waals surface area (Å²) in [6.07, 6.45) is 8.47. The Morgan fingerprint density at radius 3 is 2.32 bits per heavy atom. The highest BCUT2D eigenvalue weighted by Crippen LogP contribution is 2.26. The maximum atomic E-state index is 3.58. The number of likely N-dealkylation sites (N-methyl/N-ethyl adjacent to an activating group) is 2. The highest BCUT2D eigenvalue weighted by Gasteiger charge is 2.23. The second-order valence-electron chi connectivity index (χ2n) is 6.34. The Kier molecular flexibility index (Phi) is 8.67. The minimum atomic E-state index is 0.694. The lowest BCUT2D eigenvalue weighted by Gasteiger charge is -2.34. The van der Waals surface area contributed by atoms with Gasteiger partial charge in [-0.25, -0.2) is 0 Å². The van der Waals surface area contributed by atoms with Gasteiger partial charge in [0.2, 0.25) is 0 Å². The van der Waals surface area contributed by atoms with Crippen LogP contribution in [-0.2, 0) is 0 Å². The number of nitrogens with one attached hydrogen (secondary N) is 1. The third-order valence-electron chi connectivity index (χ3n) is 4.57. The molecule has 0 amide bonds. The molecule has 1 aliphatic carbocycles. The summed E-state index contributed by atoms with van der Waals surface area (Å²) in [5.74, 6) is 0.904. The first-order chi connectivity index (χ1) is 9.17. The predicted octanol–water partition coefficient (Wildman–Crippen LogP) is 2.43. The molecule has 0 aromatic carbocycles. The molecule has 19 heavy (non-hydrogen) atoms. The van der Waals surface area contributed by atoms with Crippen molar-refractivity contribution >= 4 is 0 Å². The molecule has 0 aliphatic heterocycles. The molecule has 0 bridgehead atoms. The molecule has 0 heterocycles. The lowest BCUT2D eigenvalue weighted by molar-refractivity contribution is 0.188. The van der Waals surface area contributed by atoms with Gasteiger partial charge in [0.1, 0.15) is 0 Å². The molecule has 1 N–H and O–H groups in total. The average Bonchev–Trinajstić information content (AvgIpc) is 2.43. The van der Waals surface area contributed by atoms with Crippen LogP contribution in [0.15, 0.2) is 0 Å². The summed E-state index contributed by atoms with van der Waals surface area (Å²) < 4.78 is 0. The van der Waals surface area contributed by atoms with Crippen LogP contribution in [0.4, 0.5) is 0 Å². The third kappa shape index (κ3) is 6.73. The first kappa shape index (κ1) is 16.9. The first-order valence-corrected chi connectivity index (χ1v) is 8.21. The number of nitrogens with zero attached hydrogens (tertiary/aromatic N) is 2.